The molecule has 4 heterocycles. The van der Waals surface area contributed by atoms with Gasteiger partial charge in [-0.1, -0.05) is 115 Å². The molecule has 0 amide bonds. The minimum Gasteiger partial charge on any atom is -0.309 e. The number of pyridine rings is 1. The molecule has 0 bridgehead atoms. The first-order chi connectivity index (χ1) is 24.8. The van der Waals surface area contributed by atoms with Gasteiger partial charge in [0, 0.05) is 39.2 Å². The molecule has 0 spiro atoms. The van der Waals surface area contributed by atoms with Crippen LogP contribution in [0.25, 0.3) is 88.9 Å². The fourth-order valence-electron chi connectivity index (χ4n) is 7.45. The highest BCUT2D eigenvalue weighted by Gasteiger charge is 2.21. The SMILES string of the molecule is c1ccc(-c2ncc(-n3c4cc(-c5cccc6c5c5ccccc5n6-c5ccccc5)ccc4c4ncccc43)c(-c3ccccc3)n2)cc1. The fourth-order valence-corrected chi connectivity index (χ4v) is 7.45. The molecule has 234 valence electrons. The summed E-state index contributed by atoms with van der Waals surface area (Å²) in [5.74, 6) is 0.689. The van der Waals surface area contributed by atoms with Crippen LogP contribution < -0.4 is 0 Å². The van der Waals surface area contributed by atoms with E-state index in [1.165, 1.54) is 27.4 Å². The van der Waals surface area contributed by atoms with Crippen molar-refractivity contribution in [2.45, 2.75) is 0 Å². The first-order valence-corrected chi connectivity index (χ1v) is 16.8. The van der Waals surface area contributed by atoms with Gasteiger partial charge in [-0.15, -0.1) is 0 Å². The predicted molar refractivity (Wildman–Crippen MR) is 205 cm³/mol. The molecule has 0 fully saturated rings. The molecule has 0 aliphatic heterocycles. The maximum absolute atomic E-state index is 5.21. The van der Waals surface area contributed by atoms with Gasteiger partial charge >= 0.3 is 0 Å². The molecule has 6 aromatic carbocycles. The van der Waals surface area contributed by atoms with Crippen LogP contribution in [0.3, 0.4) is 0 Å². The van der Waals surface area contributed by atoms with Crippen LogP contribution in [0.5, 0.6) is 0 Å². The Balaban J connectivity index is 1.26. The Morgan fingerprint density at radius 2 is 1.14 bits per heavy atom. The van der Waals surface area contributed by atoms with Crippen molar-refractivity contribution in [3.05, 3.63) is 176 Å². The number of para-hydroxylation sites is 2. The van der Waals surface area contributed by atoms with E-state index in [2.05, 4.69) is 143 Å². The highest BCUT2D eigenvalue weighted by molar-refractivity contribution is 6.17. The minimum atomic E-state index is 0.689. The summed E-state index contributed by atoms with van der Waals surface area (Å²) in [5.41, 5.74) is 12.6. The zero-order valence-corrected chi connectivity index (χ0v) is 27.0. The average Bonchev–Trinajstić information content (AvgIpc) is 3.71. The molecule has 10 aromatic rings. The molecule has 0 saturated carbocycles. The van der Waals surface area contributed by atoms with Crippen LogP contribution in [0.2, 0.25) is 0 Å². The Kier molecular flexibility index (Phi) is 6.42. The molecule has 0 N–H and O–H groups in total. The molecule has 5 nitrogen and oxygen atoms in total. The Morgan fingerprint density at radius 1 is 0.440 bits per heavy atom. The summed E-state index contributed by atoms with van der Waals surface area (Å²) in [7, 11) is 0. The van der Waals surface area contributed by atoms with Crippen LogP contribution in [0, 0.1) is 0 Å². The number of nitrogens with zero attached hydrogens (tertiary/aromatic N) is 5. The molecule has 50 heavy (non-hydrogen) atoms. The number of aromatic nitrogens is 5. The third-order valence-corrected chi connectivity index (χ3v) is 9.63. The highest BCUT2D eigenvalue weighted by atomic mass is 15.0. The molecule has 5 heteroatoms. The van der Waals surface area contributed by atoms with E-state index in [-0.39, 0.29) is 0 Å². The third-order valence-electron chi connectivity index (χ3n) is 9.63. The summed E-state index contributed by atoms with van der Waals surface area (Å²) < 4.78 is 4.65. The monoisotopic (exact) mass is 639 g/mol. The van der Waals surface area contributed by atoms with Gasteiger partial charge in [-0.05, 0) is 59.7 Å². The lowest BCUT2D eigenvalue weighted by Gasteiger charge is -2.15. The second-order valence-corrected chi connectivity index (χ2v) is 12.5. The van der Waals surface area contributed by atoms with E-state index >= 15 is 0 Å². The van der Waals surface area contributed by atoms with Crippen LogP contribution in [-0.4, -0.2) is 24.1 Å². The van der Waals surface area contributed by atoms with Gasteiger partial charge in [0.2, 0.25) is 0 Å². The topological polar surface area (TPSA) is 48.5 Å². The predicted octanol–water partition coefficient (Wildman–Crippen LogP) is 11.1. The van der Waals surface area contributed by atoms with Gasteiger partial charge in [0.25, 0.3) is 0 Å². The number of hydrogen-bond acceptors (Lipinski definition) is 3. The Hall–Kier alpha value is -6.85. The van der Waals surface area contributed by atoms with Gasteiger partial charge in [-0.3, -0.25) is 4.98 Å². The number of rotatable bonds is 5. The van der Waals surface area contributed by atoms with Crippen molar-refractivity contribution in [3.63, 3.8) is 0 Å². The van der Waals surface area contributed by atoms with E-state index in [1.54, 1.807) is 0 Å². The highest BCUT2D eigenvalue weighted by Crippen LogP contribution is 2.41. The average molecular weight is 640 g/mol. The van der Waals surface area contributed by atoms with E-state index in [4.69, 9.17) is 15.0 Å². The van der Waals surface area contributed by atoms with E-state index in [1.807, 2.05) is 42.7 Å². The van der Waals surface area contributed by atoms with Crippen molar-refractivity contribution in [1.82, 2.24) is 24.1 Å². The summed E-state index contributed by atoms with van der Waals surface area (Å²) in [6, 6.07) is 57.4. The number of fused-ring (bicyclic) bond motifs is 6. The Labute approximate surface area is 288 Å². The van der Waals surface area contributed by atoms with Crippen molar-refractivity contribution in [3.8, 4) is 45.1 Å². The first-order valence-electron chi connectivity index (χ1n) is 16.8. The summed E-state index contributed by atoms with van der Waals surface area (Å²) in [5, 5.41) is 3.53. The number of hydrogen-bond donors (Lipinski definition) is 0. The molecule has 0 atom stereocenters. The second-order valence-electron chi connectivity index (χ2n) is 12.5. The Bertz CT molecular complexity index is 2850. The zero-order chi connectivity index (χ0) is 33.0. The fraction of sp³-hybridized carbons (Fsp3) is 0. The molecule has 0 unspecified atom stereocenters. The zero-order valence-electron chi connectivity index (χ0n) is 27.0. The maximum Gasteiger partial charge on any atom is 0.159 e. The normalized spacial score (nSPS) is 11.6. The molecule has 0 radical (unpaired) electrons. The first kappa shape index (κ1) is 28.2. The standard InChI is InChI=1S/C45H29N5/c1-4-14-30(15-5-1)43-41(29-47-45(48-43)31-16-6-2-7-17-31)50-39-24-13-27-46-44(39)36-26-25-32(28-40(36)50)34-21-12-23-38-42(34)35-20-10-11-22-37(35)49(38)33-18-8-3-9-19-33/h1-29H. The lowest BCUT2D eigenvalue weighted by Crippen LogP contribution is -2.02. The molecule has 0 aliphatic rings. The van der Waals surface area contributed by atoms with Crippen LogP contribution in [0.4, 0.5) is 0 Å². The molecule has 0 aliphatic carbocycles. The van der Waals surface area contributed by atoms with Crippen LogP contribution >= 0.6 is 0 Å². The van der Waals surface area contributed by atoms with Crippen molar-refractivity contribution in [2.75, 3.05) is 0 Å². The maximum atomic E-state index is 5.21. The lowest BCUT2D eigenvalue weighted by atomic mass is 9.98. The van der Waals surface area contributed by atoms with E-state index in [9.17, 15) is 0 Å². The molecular weight excluding hydrogens is 611 g/mol. The quantitative estimate of drug-likeness (QED) is 0.188. The van der Waals surface area contributed by atoms with Crippen molar-refractivity contribution in [1.29, 1.82) is 0 Å². The van der Waals surface area contributed by atoms with E-state index in [0.717, 1.165) is 55.7 Å². The summed E-state index contributed by atoms with van der Waals surface area (Å²) in [4.78, 5) is 15.0. The Morgan fingerprint density at radius 3 is 1.96 bits per heavy atom. The third kappa shape index (κ3) is 4.37. The molecule has 10 rings (SSSR count). The van der Waals surface area contributed by atoms with Crippen molar-refractivity contribution in [2.24, 2.45) is 0 Å². The van der Waals surface area contributed by atoms with Gasteiger partial charge in [0.1, 0.15) is 0 Å². The van der Waals surface area contributed by atoms with Crippen molar-refractivity contribution < 1.29 is 0 Å². The smallest absolute Gasteiger partial charge is 0.159 e. The second kappa shape index (κ2) is 11.4. The lowest BCUT2D eigenvalue weighted by molar-refractivity contribution is 1.08. The van der Waals surface area contributed by atoms with E-state index < -0.39 is 0 Å². The molecular formula is C45H29N5. The van der Waals surface area contributed by atoms with Gasteiger partial charge in [0.05, 0.1) is 45.2 Å². The van der Waals surface area contributed by atoms with Crippen LogP contribution in [-0.2, 0) is 0 Å². The van der Waals surface area contributed by atoms with Crippen molar-refractivity contribution >= 4 is 43.7 Å². The number of benzene rings is 6. The van der Waals surface area contributed by atoms with Gasteiger partial charge in [-0.25, -0.2) is 9.97 Å². The van der Waals surface area contributed by atoms with Gasteiger partial charge < -0.3 is 9.13 Å². The molecule has 4 aromatic heterocycles. The minimum absolute atomic E-state index is 0.689. The summed E-state index contributed by atoms with van der Waals surface area (Å²) in [6.07, 6.45) is 3.83. The van der Waals surface area contributed by atoms with Gasteiger partial charge in [0.15, 0.2) is 5.82 Å². The van der Waals surface area contributed by atoms with Crippen LogP contribution in [0.15, 0.2) is 176 Å². The molecule has 0 saturated heterocycles. The van der Waals surface area contributed by atoms with Crippen LogP contribution in [0.1, 0.15) is 0 Å². The van der Waals surface area contributed by atoms with Gasteiger partial charge in [-0.2, -0.15) is 0 Å². The largest absolute Gasteiger partial charge is 0.309 e. The summed E-state index contributed by atoms with van der Waals surface area (Å²) in [6.45, 7) is 0. The summed E-state index contributed by atoms with van der Waals surface area (Å²) >= 11 is 0. The van der Waals surface area contributed by atoms with E-state index in [0.29, 0.717) is 5.82 Å².